The Hall–Kier alpha value is -1.03. The molecule has 0 amide bonds. The van der Waals surface area contributed by atoms with Crippen LogP contribution in [0.25, 0.3) is 0 Å². The molecule has 1 N–H and O–H groups in total. The molecule has 4 heteroatoms. The maximum absolute atomic E-state index is 11.5. The summed E-state index contributed by atoms with van der Waals surface area (Å²) in [7, 11) is 0. The zero-order valence-corrected chi connectivity index (χ0v) is 9.66. The van der Waals surface area contributed by atoms with Gasteiger partial charge in [-0.1, -0.05) is 6.07 Å². The van der Waals surface area contributed by atoms with Gasteiger partial charge in [0.1, 0.15) is 0 Å². The summed E-state index contributed by atoms with van der Waals surface area (Å²) < 4.78 is 5.84. The van der Waals surface area contributed by atoms with E-state index in [0.29, 0.717) is 4.47 Å². The van der Waals surface area contributed by atoms with Crippen molar-refractivity contribution < 1.29 is 9.84 Å². The molecule has 0 bridgehead atoms. The Morgan fingerprint density at radius 1 is 1.40 bits per heavy atom. The third kappa shape index (κ3) is 2.15. The highest BCUT2D eigenvalue weighted by atomic mass is 79.9. The minimum absolute atomic E-state index is 0.150. The van der Waals surface area contributed by atoms with Crippen molar-refractivity contribution in [2.75, 3.05) is 0 Å². The Kier molecular flexibility index (Phi) is 2.95. The second-order valence-electron chi connectivity index (χ2n) is 3.59. The monoisotopic (exact) mass is 270 g/mol. The molecule has 0 unspecified atom stereocenters. The standard InChI is InChI=1S/C11H11BrO3/c12-8-5-2-6-9(11(14)10(8)13)15-7-3-1-4-7/h2,5-7H,1,3-4H2,(H,13,14). The Bertz CT molecular complexity index is 427. The van der Waals surface area contributed by atoms with Gasteiger partial charge in [0.25, 0.3) is 0 Å². The molecule has 0 spiro atoms. The number of hydrogen-bond donors (Lipinski definition) is 1. The lowest BCUT2D eigenvalue weighted by atomic mass is 9.96. The van der Waals surface area contributed by atoms with Gasteiger partial charge in [-0.15, -0.1) is 0 Å². The number of hydrogen-bond acceptors (Lipinski definition) is 3. The van der Waals surface area contributed by atoms with Crippen molar-refractivity contribution in [3.8, 4) is 11.5 Å². The van der Waals surface area contributed by atoms with E-state index < -0.39 is 5.43 Å². The van der Waals surface area contributed by atoms with Gasteiger partial charge >= 0.3 is 0 Å². The van der Waals surface area contributed by atoms with E-state index in [9.17, 15) is 9.90 Å². The largest absolute Gasteiger partial charge is 0.502 e. The molecule has 1 aromatic rings. The van der Waals surface area contributed by atoms with Crippen molar-refractivity contribution >= 4 is 15.9 Å². The molecule has 1 aromatic carbocycles. The maximum Gasteiger partial charge on any atom is 0.238 e. The fraction of sp³-hybridized carbons (Fsp3) is 0.364. The van der Waals surface area contributed by atoms with E-state index in [-0.39, 0.29) is 17.6 Å². The van der Waals surface area contributed by atoms with Crippen LogP contribution in [0.2, 0.25) is 0 Å². The maximum atomic E-state index is 11.5. The summed E-state index contributed by atoms with van der Waals surface area (Å²) in [6.45, 7) is 0. The molecule has 0 aliphatic heterocycles. The molecular weight excluding hydrogens is 260 g/mol. The Morgan fingerprint density at radius 3 is 2.73 bits per heavy atom. The third-order valence-electron chi connectivity index (χ3n) is 2.50. The molecule has 1 aliphatic carbocycles. The molecule has 2 rings (SSSR count). The van der Waals surface area contributed by atoms with Gasteiger partial charge in [0.15, 0.2) is 5.75 Å². The van der Waals surface area contributed by atoms with E-state index in [2.05, 4.69) is 15.9 Å². The highest BCUT2D eigenvalue weighted by Crippen LogP contribution is 2.29. The summed E-state index contributed by atoms with van der Waals surface area (Å²) in [5.41, 5.74) is -0.436. The van der Waals surface area contributed by atoms with E-state index in [1.165, 1.54) is 0 Å². The molecule has 0 saturated heterocycles. The van der Waals surface area contributed by atoms with Crippen molar-refractivity contribution in [2.45, 2.75) is 25.4 Å². The van der Waals surface area contributed by atoms with E-state index in [1.54, 1.807) is 18.2 Å². The summed E-state index contributed by atoms with van der Waals surface area (Å²) in [5, 5.41) is 9.64. The average molecular weight is 271 g/mol. The van der Waals surface area contributed by atoms with Crippen molar-refractivity contribution in [2.24, 2.45) is 0 Å². The highest BCUT2D eigenvalue weighted by Gasteiger charge is 2.20. The van der Waals surface area contributed by atoms with Gasteiger partial charge in [-0.25, -0.2) is 0 Å². The van der Waals surface area contributed by atoms with Crippen LogP contribution in [0.3, 0.4) is 0 Å². The highest BCUT2D eigenvalue weighted by molar-refractivity contribution is 9.10. The first-order valence-corrected chi connectivity index (χ1v) is 5.66. The predicted molar refractivity (Wildman–Crippen MR) is 60.3 cm³/mol. The van der Waals surface area contributed by atoms with Crippen LogP contribution in [0.15, 0.2) is 27.5 Å². The van der Waals surface area contributed by atoms with Crippen LogP contribution in [0, 0.1) is 0 Å². The molecular formula is C11H11BrO3. The van der Waals surface area contributed by atoms with E-state index in [0.717, 1.165) is 19.3 Å². The van der Waals surface area contributed by atoms with Crippen molar-refractivity contribution in [1.82, 2.24) is 0 Å². The zero-order chi connectivity index (χ0) is 10.8. The summed E-state index contributed by atoms with van der Waals surface area (Å²) in [6.07, 6.45) is 3.29. The zero-order valence-electron chi connectivity index (χ0n) is 8.07. The predicted octanol–water partition coefficient (Wildman–Crippen LogP) is 2.45. The van der Waals surface area contributed by atoms with Gasteiger partial charge in [-0.2, -0.15) is 0 Å². The third-order valence-corrected chi connectivity index (χ3v) is 3.13. The minimum atomic E-state index is -0.436. The lowest BCUT2D eigenvalue weighted by Gasteiger charge is -2.26. The SMILES string of the molecule is O=c1c(Br)cccc(OC2CCC2)c1O. The second kappa shape index (κ2) is 4.23. The molecule has 1 aliphatic rings. The fourth-order valence-corrected chi connectivity index (χ4v) is 1.70. The van der Waals surface area contributed by atoms with Gasteiger partial charge < -0.3 is 9.84 Å². The first-order valence-electron chi connectivity index (χ1n) is 4.87. The molecule has 15 heavy (non-hydrogen) atoms. The lowest BCUT2D eigenvalue weighted by Crippen LogP contribution is -2.24. The van der Waals surface area contributed by atoms with Gasteiger partial charge in [0.05, 0.1) is 10.6 Å². The molecule has 1 saturated carbocycles. The van der Waals surface area contributed by atoms with E-state index >= 15 is 0 Å². The fourth-order valence-electron chi connectivity index (χ4n) is 1.36. The van der Waals surface area contributed by atoms with Crippen molar-refractivity contribution in [3.63, 3.8) is 0 Å². The molecule has 3 nitrogen and oxygen atoms in total. The van der Waals surface area contributed by atoms with E-state index in [1.807, 2.05) is 0 Å². The number of halogens is 1. The Morgan fingerprint density at radius 2 is 2.13 bits per heavy atom. The van der Waals surface area contributed by atoms with Crippen LogP contribution >= 0.6 is 15.9 Å². The first-order chi connectivity index (χ1) is 7.18. The molecule has 80 valence electrons. The molecule has 1 fully saturated rings. The Labute approximate surface area is 95.8 Å². The topological polar surface area (TPSA) is 46.5 Å². The summed E-state index contributed by atoms with van der Waals surface area (Å²) in [4.78, 5) is 11.5. The first kappa shape index (κ1) is 10.5. The Balaban J connectivity index is 2.35. The van der Waals surface area contributed by atoms with Gasteiger partial charge in [0, 0.05) is 0 Å². The number of aromatic hydroxyl groups is 1. The average Bonchev–Trinajstić information content (AvgIpc) is 2.27. The smallest absolute Gasteiger partial charge is 0.238 e. The molecule has 0 aromatic heterocycles. The van der Waals surface area contributed by atoms with Crippen LogP contribution in [0.5, 0.6) is 11.5 Å². The second-order valence-corrected chi connectivity index (χ2v) is 4.44. The van der Waals surface area contributed by atoms with E-state index in [4.69, 9.17) is 4.74 Å². The van der Waals surface area contributed by atoms with Crippen LogP contribution in [0.4, 0.5) is 0 Å². The van der Waals surface area contributed by atoms with Crippen LogP contribution in [0.1, 0.15) is 19.3 Å². The van der Waals surface area contributed by atoms with Gasteiger partial charge in [-0.05, 0) is 47.3 Å². The summed E-state index contributed by atoms with van der Waals surface area (Å²) in [5.74, 6) is -0.0471. The van der Waals surface area contributed by atoms with Gasteiger partial charge in [-0.3, -0.25) is 4.79 Å². The number of rotatable bonds is 2. The van der Waals surface area contributed by atoms with Crippen molar-refractivity contribution in [3.05, 3.63) is 32.9 Å². The summed E-state index contributed by atoms with van der Waals surface area (Å²) in [6, 6.07) is 4.88. The molecule has 0 heterocycles. The van der Waals surface area contributed by atoms with Crippen LogP contribution < -0.4 is 10.2 Å². The van der Waals surface area contributed by atoms with Gasteiger partial charge in [0.2, 0.25) is 11.2 Å². The normalized spacial score (nSPS) is 15.8. The lowest BCUT2D eigenvalue weighted by molar-refractivity contribution is 0.116. The molecule has 0 atom stereocenters. The summed E-state index contributed by atoms with van der Waals surface area (Å²) >= 11 is 3.08. The minimum Gasteiger partial charge on any atom is -0.502 e. The quantitative estimate of drug-likeness (QED) is 0.898. The molecule has 0 radical (unpaired) electrons. The van der Waals surface area contributed by atoms with Crippen molar-refractivity contribution in [1.29, 1.82) is 0 Å². The van der Waals surface area contributed by atoms with Crippen LogP contribution in [-0.4, -0.2) is 11.2 Å². The number of ether oxygens (including phenoxy) is 1. The van der Waals surface area contributed by atoms with Crippen LogP contribution in [-0.2, 0) is 0 Å².